The lowest BCUT2D eigenvalue weighted by Crippen LogP contribution is -2.34. The molecule has 0 N–H and O–H groups in total. The number of aromatic nitrogens is 1. The van der Waals surface area contributed by atoms with Gasteiger partial charge in [0.25, 0.3) is 0 Å². The molecule has 2 heterocycles. The number of likely N-dealkylation sites (tertiary alicyclic amines) is 1. The van der Waals surface area contributed by atoms with Crippen LogP contribution in [0, 0.1) is 24.7 Å². The van der Waals surface area contributed by atoms with Crippen LogP contribution in [-0.2, 0) is 6.42 Å². The summed E-state index contributed by atoms with van der Waals surface area (Å²) >= 11 is 5.97. The van der Waals surface area contributed by atoms with Crippen LogP contribution in [0.3, 0.4) is 0 Å². The number of halogens is 1. The molecule has 1 saturated heterocycles. The Labute approximate surface area is 191 Å². The quantitative estimate of drug-likeness (QED) is 0.448. The smallest absolute Gasteiger partial charge is 0.113 e. The normalized spacial score (nSPS) is 14.8. The SMILES string of the molecule is Cc1cc(C#Cc2ccc(-c3ccc(Cl)cc3)cn2)ccc1CCN1CCC(C)CC1. The Hall–Kier alpha value is -2.60. The molecule has 0 bridgehead atoms. The second-order valence-corrected chi connectivity index (χ2v) is 9.04. The zero-order valence-corrected chi connectivity index (χ0v) is 19.1. The lowest BCUT2D eigenvalue weighted by atomic mass is 9.98. The highest BCUT2D eigenvalue weighted by molar-refractivity contribution is 6.30. The largest absolute Gasteiger partial charge is 0.303 e. The number of hydrogen-bond donors (Lipinski definition) is 0. The first kappa shape index (κ1) is 21.6. The van der Waals surface area contributed by atoms with Gasteiger partial charge in [-0.05, 0) is 98.1 Å². The first-order valence-electron chi connectivity index (χ1n) is 11.1. The van der Waals surface area contributed by atoms with Gasteiger partial charge in [-0.15, -0.1) is 0 Å². The summed E-state index contributed by atoms with van der Waals surface area (Å²) in [5.41, 5.74) is 6.72. The summed E-state index contributed by atoms with van der Waals surface area (Å²) in [4.78, 5) is 7.11. The van der Waals surface area contributed by atoms with Crippen molar-refractivity contribution >= 4 is 11.6 Å². The minimum absolute atomic E-state index is 0.738. The molecule has 0 saturated carbocycles. The molecule has 1 fully saturated rings. The standard InChI is InChI=1S/C28H29ClN2/c1-21-13-16-31(17-14-21)18-15-24-5-3-23(19-22(24)2)4-11-28-12-8-26(20-30-28)25-6-9-27(29)10-7-25/h3,5-10,12,19-21H,13-18H2,1-2H3. The van der Waals surface area contributed by atoms with Gasteiger partial charge in [-0.2, -0.15) is 0 Å². The van der Waals surface area contributed by atoms with Gasteiger partial charge >= 0.3 is 0 Å². The van der Waals surface area contributed by atoms with E-state index < -0.39 is 0 Å². The zero-order valence-electron chi connectivity index (χ0n) is 18.4. The second kappa shape index (κ2) is 10.1. The minimum atomic E-state index is 0.738. The van der Waals surface area contributed by atoms with Crippen LogP contribution in [0.25, 0.3) is 11.1 Å². The van der Waals surface area contributed by atoms with Gasteiger partial charge in [0, 0.05) is 28.9 Å². The van der Waals surface area contributed by atoms with Crippen LogP contribution >= 0.6 is 11.6 Å². The minimum Gasteiger partial charge on any atom is -0.303 e. The molecule has 2 aromatic carbocycles. The maximum absolute atomic E-state index is 5.97. The maximum atomic E-state index is 5.97. The first-order valence-corrected chi connectivity index (χ1v) is 11.5. The molecule has 0 spiro atoms. The maximum Gasteiger partial charge on any atom is 0.113 e. The molecule has 0 amide bonds. The van der Waals surface area contributed by atoms with Crippen molar-refractivity contribution < 1.29 is 0 Å². The Balaban J connectivity index is 1.37. The van der Waals surface area contributed by atoms with Crippen molar-refractivity contribution in [2.45, 2.75) is 33.1 Å². The Kier molecular flexibility index (Phi) is 7.07. The van der Waals surface area contributed by atoms with Crippen LogP contribution in [0.15, 0.2) is 60.8 Å². The molecule has 0 atom stereocenters. The number of piperidine rings is 1. The molecule has 3 aromatic rings. The number of benzene rings is 2. The van der Waals surface area contributed by atoms with Crippen LogP contribution in [0.1, 0.15) is 42.1 Å². The van der Waals surface area contributed by atoms with Gasteiger partial charge < -0.3 is 4.90 Å². The molecule has 2 nitrogen and oxygen atoms in total. The van der Waals surface area contributed by atoms with Gasteiger partial charge in [-0.25, -0.2) is 4.98 Å². The van der Waals surface area contributed by atoms with E-state index in [0.717, 1.165) is 46.3 Å². The number of rotatable bonds is 4. The Morgan fingerprint density at radius 1 is 0.968 bits per heavy atom. The third-order valence-electron chi connectivity index (χ3n) is 6.19. The van der Waals surface area contributed by atoms with Gasteiger partial charge in [0.05, 0.1) is 0 Å². The molecular weight excluding hydrogens is 400 g/mol. The van der Waals surface area contributed by atoms with Gasteiger partial charge in [-0.1, -0.05) is 48.7 Å². The van der Waals surface area contributed by atoms with Gasteiger partial charge in [0.2, 0.25) is 0 Å². The predicted molar refractivity (Wildman–Crippen MR) is 130 cm³/mol. The van der Waals surface area contributed by atoms with E-state index in [0.29, 0.717) is 0 Å². The van der Waals surface area contributed by atoms with Crippen LogP contribution < -0.4 is 0 Å². The molecule has 1 aromatic heterocycles. The highest BCUT2D eigenvalue weighted by Gasteiger charge is 2.15. The van der Waals surface area contributed by atoms with Crippen molar-refractivity contribution in [1.82, 2.24) is 9.88 Å². The molecule has 3 heteroatoms. The summed E-state index contributed by atoms with van der Waals surface area (Å²) in [6, 6.07) is 18.4. The average molecular weight is 429 g/mol. The lowest BCUT2D eigenvalue weighted by Gasteiger charge is -2.30. The number of nitrogens with zero attached hydrogens (tertiary/aromatic N) is 2. The summed E-state index contributed by atoms with van der Waals surface area (Å²) in [5, 5.41) is 0.738. The summed E-state index contributed by atoms with van der Waals surface area (Å²) in [6.45, 7) is 8.20. The molecule has 31 heavy (non-hydrogen) atoms. The molecule has 0 radical (unpaired) electrons. The van der Waals surface area contributed by atoms with Crippen molar-refractivity contribution in [1.29, 1.82) is 0 Å². The summed E-state index contributed by atoms with van der Waals surface area (Å²) in [5.74, 6) is 7.35. The summed E-state index contributed by atoms with van der Waals surface area (Å²) in [6.07, 6.45) is 5.65. The van der Waals surface area contributed by atoms with Crippen LogP contribution in [0.5, 0.6) is 0 Å². The predicted octanol–water partition coefficient (Wildman–Crippen LogP) is 6.38. The van der Waals surface area contributed by atoms with Crippen molar-refractivity contribution in [3.05, 3.63) is 88.2 Å². The van der Waals surface area contributed by atoms with E-state index in [1.54, 1.807) is 0 Å². The third-order valence-corrected chi connectivity index (χ3v) is 6.44. The topological polar surface area (TPSA) is 16.1 Å². The fourth-order valence-electron chi connectivity index (χ4n) is 4.04. The van der Waals surface area contributed by atoms with Crippen molar-refractivity contribution in [2.75, 3.05) is 19.6 Å². The summed E-state index contributed by atoms with van der Waals surface area (Å²) < 4.78 is 0. The van der Waals surface area contributed by atoms with Crippen LogP contribution in [0.4, 0.5) is 0 Å². The van der Waals surface area contributed by atoms with E-state index in [2.05, 4.69) is 59.8 Å². The number of aryl methyl sites for hydroxylation is 1. The Morgan fingerprint density at radius 2 is 1.71 bits per heavy atom. The van der Waals surface area contributed by atoms with E-state index in [9.17, 15) is 0 Å². The zero-order chi connectivity index (χ0) is 21.6. The highest BCUT2D eigenvalue weighted by Crippen LogP contribution is 2.21. The van der Waals surface area contributed by atoms with Crippen LogP contribution in [0.2, 0.25) is 5.02 Å². The fraction of sp³-hybridized carbons (Fsp3) is 0.321. The van der Waals surface area contributed by atoms with E-state index in [-0.39, 0.29) is 0 Å². The number of hydrogen-bond acceptors (Lipinski definition) is 2. The molecule has 0 unspecified atom stereocenters. The molecule has 4 rings (SSSR count). The van der Waals surface area contributed by atoms with Gasteiger partial charge in [0.15, 0.2) is 0 Å². The highest BCUT2D eigenvalue weighted by atomic mass is 35.5. The first-order chi connectivity index (χ1) is 15.1. The average Bonchev–Trinajstić information content (AvgIpc) is 2.79. The van der Waals surface area contributed by atoms with E-state index in [1.807, 2.05) is 36.5 Å². The van der Waals surface area contributed by atoms with Crippen molar-refractivity contribution in [3.63, 3.8) is 0 Å². The molecular formula is C28H29ClN2. The lowest BCUT2D eigenvalue weighted by molar-refractivity contribution is 0.194. The molecule has 158 valence electrons. The van der Waals surface area contributed by atoms with Crippen molar-refractivity contribution in [2.24, 2.45) is 5.92 Å². The molecule has 1 aliphatic rings. The second-order valence-electron chi connectivity index (χ2n) is 8.60. The number of pyridine rings is 1. The van der Waals surface area contributed by atoms with E-state index in [1.165, 1.54) is 37.1 Å². The van der Waals surface area contributed by atoms with E-state index in [4.69, 9.17) is 11.6 Å². The Morgan fingerprint density at radius 3 is 2.39 bits per heavy atom. The molecule has 0 aliphatic carbocycles. The summed E-state index contributed by atoms with van der Waals surface area (Å²) in [7, 11) is 0. The fourth-order valence-corrected chi connectivity index (χ4v) is 4.16. The molecule has 1 aliphatic heterocycles. The Bertz CT molecular complexity index is 1070. The van der Waals surface area contributed by atoms with E-state index >= 15 is 0 Å². The van der Waals surface area contributed by atoms with Gasteiger partial charge in [0.1, 0.15) is 5.69 Å². The van der Waals surface area contributed by atoms with Gasteiger partial charge in [-0.3, -0.25) is 0 Å². The van der Waals surface area contributed by atoms with Crippen molar-refractivity contribution in [3.8, 4) is 23.0 Å². The monoisotopic (exact) mass is 428 g/mol. The van der Waals surface area contributed by atoms with Crippen LogP contribution in [-0.4, -0.2) is 29.5 Å². The third kappa shape index (κ3) is 5.97.